The maximum Gasteiger partial charge on any atom is 0.269 e. The number of nitro benzene ring substituents is 1. The van der Waals surface area contributed by atoms with Crippen molar-refractivity contribution in [3.05, 3.63) is 80.7 Å². The number of thiocarbonyl (C=S) groups is 1. The highest BCUT2D eigenvalue weighted by Crippen LogP contribution is 2.32. The van der Waals surface area contributed by atoms with Crippen LogP contribution in [0.1, 0.15) is 15.9 Å². The second-order valence-electron chi connectivity index (χ2n) is 5.41. The highest BCUT2D eigenvalue weighted by atomic mass is 32.2. The SMILES string of the molecule is O=C(CN1C(=O)/C(=C\c2ccc([N+](=O)[O-])cc2)SC1=S)c1ccccc1. The lowest BCUT2D eigenvalue weighted by atomic mass is 10.1. The number of amides is 1. The molecule has 3 rings (SSSR count). The molecule has 8 heteroatoms. The zero-order valence-electron chi connectivity index (χ0n) is 13.3. The van der Waals surface area contributed by atoms with Crippen LogP contribution in [0.3, 0.4) is 0 Å². The van der Waals surface area contributed by atoms with Gasteiger partial charge in [0.25, 0.3) is 11.6 Å². The summed E-state index contributed by atoms with van der Waals surface area (Å²) in [7, 11) is 0. The molecule has 0 unspecified atom stereocenters. The van der Waals surface area contributed by atoms with Crippen LogP contribution >= 0.6 is 24.0 Å². The molecule has 0 bridgehead atoms. The highest BCUT2D eigenvalue weighted by molar-refractivity contribution is 8.26. The molecule has 1 fully saturated rings. The third-order valence-corrected chi connectivity index (χ3v) is 5.05. The van der Waals surface area contributed by atoms with Crippen LogP contribution in [0.2, 0.25) is 0 Å². The first kappa shape index (κ1) is 18.0. The van der Waals surface area contributed by atoms with Gasteiger partial charge in [0.2, 0.25) is 0 Å². The summed E-state index contributed by atoms with van der Waals surface area (Å²) in [6.07, 6.45) is 1.61. The van der Waals surface area contributed by atoms with E-state index >= 15 is 0 Å². The molecule has 6 nitrogen and oxygen atoms in total. The number of benzene rings is 2. The molecule has 130 valence electrons. The van der Waals surface area contributed by atoms with E-state index in [1.807, 2.05) is 6.07 Å². The maximum absolute atomic E-state index is 12.6. The summed E-state index contributed by atoms with van der Waals surface area (Å²) < 4.78 is 0.312. The van der Waals surface area contributed by atoms with Crippen LogP contribution in [0, 0.1) is 10.1 Å². The molecule has 0 aromatic heterocycles. The van der Waals surface area contributed by atoms with Gasteiger partial charge >= 0.3 is 0 Å². The highest BCUT2D eigenvalue weighted by Gasteiger charge is 2.33. The molecule has 2 aromatic carbocycles. The second-order valence-corrected chi connectivity index (χ2v) is 7.08. The van der Waals surface area contributed by atoms with Gasteiger partial charge in [0.1, 0.15) is 4.32 Å². The van der Waals surface area contributed by atoms with Crippen molar-refractivity contribution in [2.75, 3.05) is 6.54 Å². The average molecular weight is 384 g/mol. The Morgan fingerprint density at radius 3 is 2.42 bits per heavy atom. The van der Waals surface area contributed by atoms with E-state index in [4.69, 9.17) is 12.2 Å². The number of thioether (sulfide) groups is 1. The molecule has 1 heterocycles. The van der Waals surface area contributed by atoms with E-state index in [1.54, 1.807) is 42.5 Å². The van der Waals surface area contributed by atoms with Gasteiger partial charge in [-0.15, -0.1) is 0 Å². The zero-order chi connectivity index (χ0) is 18.7. The van der Waals surface area contributed by atoms with Crippen molar-refractivity contribution < 1.29 is 14.5 Å². The third-order valence-electron chi connectivity index (χ3n) is 3.67. The third kappa shape index (κ3) is 3.87. The zero-order valence-corrected chi connectivity index (χ0v) is 15.0. The maximum atomic E-state index is 12.6. The van der Waals surface area contributed by atoms with Gasteiger partial charge in [-0.3, -0.25) is 24.6 Å². The average Bonchev–Trinajstić information content (AvgIpc) is 2.90. The van der Waals surface area contributed by atoms with E-state index in [9.17, 15) is 19.7 Å². The lowest BCUT2D eigenvalue weighted by Gasteiger charge is -2.13. The van der Waals surface area contributed by atoms with Crippen LogP contribution in [-0.2, 0) is 4.79 Å². The van der Waals surface area contributed by atoms with Crippen LogP contribution in [0.15, 0.2) is 59.5 Å². The fraction of sp³-hybridized carbons (Fsp3) is 0.0556. The number of rotatable bonds is 5. The van der Waals surface area contributed by atoms with E-state index in [0.29, 0.717) is 20.4 Å². The molecule has 1 amide bonds. The number of non-ortho nitro benzene ring substituents is 1. The molecular formula is C18H12N2O4S2. The van der Waals surface area contributed by atoms with Gasteiger partial charge in [-0.2, -0.15) is 0 Å². The first-order valence-electron chi connectivity index (χ1n) is 7.54. The lowest BCUT2D eigenvalue weighted by molar-refractivity contribution is -0.384. The van der Waals surface area contributed by atoms with Gasteiger partial charge < -0.3 is 0 Å². The lowest BCUT2D eigenvalue weighted by Crippen LogP contribution is -2.33. The summed E-state index contributed by atoms with van der Waals surface area (Å²) in [4.78, 5) is 36.7. The minimum Gasteiger partial charge on any atom is -0.292 e. The van der Waals surface area contributed by atoms with Crippen molar-refractivity contribution in [2.24, 2.45) is 0 Å². The van der Waals surface area contributed by atoms with E-state index in [1.165, 1.54) is 17.0 Å². The standard InChI is InChI=1S/C18H12N2O4S2/c21-15(13-4-2-1-3-5-13)11-19-17(22)16(26-18(19)25)10-12-6-8-14(9-7-12)20(23)24/h1-10H,11H2/b16-10+. The number of nitrogens with zero attached hydrogens (tertiary/aromatic N) is 2. The number of nitro groups is 1. The quantitative estimate of drug-likeness (QED) is 0.257. The van der Waals surface area contributed by atoms with Crippen LogP contribution in [0.4, 0.5) is 5.69 Å². The number of hydrogen-bond donors (Lipinski definition) is 0. The molecule has 0 atom stereocenters. The number of carbonyl (C=O) groups is 2. The summed E-state index contributed by atoms with van der Waals surface area (Å²) >= 11 is 6.33. The minimum absolute atomic E-state index is 0.0249. The summed E-state index contributed by atoms with van der Waals surface area (Å²) in [6, 6.07) is 14.5. The molecule has 0 spiro atoms. The monoisotopic (exact) mass is 384 g/mol. The largest absolute Gasteiger partial charge is 0.292 e. The van der Waals surface area contributed by atoms with Gasteiger partial charge in [0.05, 0.1) is 16.4 Å². The van der Waals surface area contributed by atoms with Crippen molar-refractivity contribution in [2.45, 2.75) is 0 Å². The first-order chi connectivity index (χ1) is 12.5. The minimum atomic E-state index is -0.488. The molecule has 0 radical (unpaired) electrons. The fourth-order valence-corrected chi connectivity index (χ4v) is 3.59. The van der Waals surface area contributed by atoms with Gasteiger partial charge in [-0.05, 0) is 23.8 Å². The van der Waals surface area contributed by atoms with Crippen molar-refractivity contribution in [1.82, 2.24) is 4.90 Å². The summed E-state index contributed by atoms with van der Waals surface area (Å²) in [5, 5.41) is 10.7. The van der Waals surface area contributed by atoms with Gasteiger partial charge in [-0.25, -0.2) is 0 Å². The Kier molecular flexibility index (Phi) is 5.24. The summed E-state index contributed by atoms with van der Waals surface area (Å²) in [6.45, 7) is -0.119. The van der Waals surface area contributed by atoms with Gasteiger partial charge in [-0.1, -0.05) is 54.3 Å². The number of hydrogen-bond acceptors (Lipinski definition) is 6. The van der Waals surface area contributed by atoms with Gasteiger partial charge in [0, 0.05) is 17.7 Å². The topological polar surface area (TPSA) is 80.5 Å². The Hall–Kier alpha value is -2.84. The fourth-order valence-electron chi connectivity index (χ4n) is 2.34. The van der Waals surface area contributed by atoms with Crippen LogP contribution in [-0.4, -0.2) is 32.4 Å². The number of Topliss-reactive ketones (excluding diaryl/α,β-unsaturated/α-hetero) is 1. The Morgan fingerprint density at radius 2 is 1.81 bits per heavy atom. The Balaban J connectivity index is 1.76. The molecular weight excluding hydrogens is 372 g/mol. The van der Waals surface area contributed by atoms with E-state index in [-0.39, 0.29) is 23.9 Å². The number of ketones is 1. The van der Waals surface area contributed by atoms with Crippen LogP contribution in [0.5, 0.6) is 0 Å². The Morgan fingerprint density at radius 1 is 1.15 bits per heavy atom. The molecule has 0 N–H and O–H groups in total. The molecule has 26 heavy (non-hydrogen) atoms. The molecule has 2 aromatic rings. The molecule has 1 aliphatic heterocycles. The smallest absolute Gasteiger partial charge is 0.269 e. The van der Waals surface area contributed by atoms with E-state index in [2.05, 4.69) is 0 Å². The molecule has 0 saturated carbocycles. The van der Waals surface area contributed by atoms with Crippen LogP contribution in [0.25, 0.3) is 6.08 Å². The van der Waals surface area contributed by atoms with Gasteiger partial charge in [0.15, 0.2) is 5.78 Å². The Bertz CT molecular complexity index is 924. The normalized spacial score (nSPS) is 15.5. The van der Waals surface area contributed by atoms with E-state index < -0.39 is 4.92 Å². The molecule has 1 saturated heterocycles. The van der Waals surface area contributed by atoms with Crippen molar-refractivity contribution in [1.29, 1.82) is 0 Å². The summed E-state index contributed by atoms with van der Waals surface area (Å²) in [5.41, 5.74) is 1.13. The molecule has 0 aliphatic carbocycles. The Labute approximate surface area is 158 Å². The van der Waals surface area contributed by atoms with Crippen molar-refractivity contribution in [3.63, 3.8) is 0 Å². The predicted octanol–water partition coefficient (Wildman–Crippen LogP) is 3.68. The van der Waals surface area contributed by atoms with Crippen LogP contribution < -0.4 is 0 Å². The predicted molar refractivity (Wildman–Crippen MR) is 104 cm³/mol. The first-order valence-corrected chi connectivity index (χ1v) is 8.76. The van der Waals surface area contributed by atoms with Crippen molar-refractivity contribution in [3.8, 4) is 0 Å². The summed E-state index contributed by atoms with van der Waals surface area (Å²) in [5.74, 6) is -0.541. The van der Waals surface area contributed by atoms with E-state index in [0.717, 1.165) is 11.8 Å². The number of carbonyl (C=O) groups excluding carboxylic acids is 2. The molecule has 1 aliphatic rings. The van der Waals surface area contributed by atoms with Crippen molar-refractivity contribution >= 4 is 51.8 Å². The second kappa shape index (κ2) is 7.59.